The minimum Gasteiger partial charge on any atom is -0.497 e. The lowest BCUT2D eigenvalue weighted by molar-refractivity contribution is -0.121. The second kappa shape index (κ2) is 9.72. The van der Waals surface area contributed by atoms with Crippen LogP contribution in [0.2, 0.25) is 0 Å². The average Bonchev–Trinajstić information content (AvgIpc) is 2.77. The first-order valence-electron chi connectivity index (χ1n) is 9.41. The van der Waals surface area contributed by atoms with Gasteiger partial charge in [-0.3, -0.25) is 9.69 Å². The van der Waals surface area contributed by atoms with Crippen LogP contribution in [0.15, 0.2) is 42.6 Å². The van der Waals surface area contributed by atoms with Gasteiger partial charge in [-0.2, -0.15) is 5.26 Å². The predicted molar refractivity (Wildman–Crippen MR) is 107 cm³/mol. The number of methoxy groups -OCH3 is 1. The van der Waals surface area contributed by atoms with Crippen LogP contribution in [0.25, 0.3) is 0 Å². The monoisotopic (exact) mass is 379 g/mol. The van der Waals surface area contributed by atoms with Crippen molar-refractivity contribution in [2.75, 3.05) is 44.7 Å². The first kappa shape index (κ1) is 19.6. The fraction of sp³-hybridized carbons (Fsp3) is 0.381. The number of nitrogens with zero attached hydrogens (tertiary/aromatic N) is 4. The third-order valence-corrected chi connectivity index (χ3v) is 4.88. The third kappa shape index (κ3) is 5.21. The molecular weight excluding hydrogens is 354 g/mol. The number of carbonyl (C=O) groups is 1. The number of benzene rings is 1. The van der Waals surface area contributed by atoms with Crippen molar-refractivity contribution in [3.63, 3.8) is 0 Å². The second-order valence-corrected chi connectivity index (χ2v) is 6.69. The van der Waals surface area contributed by atoms with Crippen LogP contribution in [0.3, 0.4) is 0 Å². The number of anilines is 1. The van der Waals surface area contributed by atoms with Crippen LogP contribution in [-0.2, 0) is 11.3 Å². The zero-order valence-corrected chi connectivity index (χ0v) is 16.1. The Kier molecular flexibility index (Phi) is 6.82. The van der Waals surface area contributed by atoms with E-state index in [1.165, 1.54) is 0 Å². The number of piperazine rings is 1. The summed E-state index contributed by atoms with van der Waals surface area (Å²) < 4.78 is 5.13. The van der Waals surface area contributed by atoms with Crippen LogP contribution >= 0.6 is 0 Å². The summed E-state index contributed by atoms with van der Waals surface area (Å²) in [5.41, 5.74) is 1.65. The van der Waals surface area contributed by atoms with Crippen LogP contribution in [0.1, 0.15) is 17.5 Å². The van der Waals surface area contributed by atoms with E-state index in [1.54, 1.807) is 25.4 Å². The van der Waals surface area contributed by atoms with Crippen LogP contribution < -0.4 is 15.0 Å². The highest BCUT2D eigenvalue weighted by atomic mass is 16.5. The number of amides is 1. The molecule has 0 atom stereocenters. The molecule has 0 saturated carbocycles. The molecule has 0 aliphatic carbocycles. The van der Waals surface area contributed by atoms with Gasteiger partial charge >= 0.3 is 0 Å². The molecule has 7 nitrogen and oxygen atoms in total. The molecule has 0 radical (unpaired) electrons. The van der Waals surface area contributed by atoms with Crippen LogP contribution in [0, 0.1) is 11.3 Å². The standard InChI is InChI=1S/C21H25N5O2/c1-28-19-6-4-17(5-7-19)16-24-20(27)8-10-25-11-13-26(14-12-25)21-18(15-22)3-2-9-23-21/h2-7,9H,8,10-14,16H2,1H3,(H,24,27). The number of nitrogens with one attached hydrogen (secondary N) is 1. The molecule has 1 saturated heterocycles. The molecule has 1 amide bonds. The molecule has 146 valence electrons. The van der Waals surface area contributed by atoms with Crippen LogP contribution in [0.4, 0.5) is 5.82 Å². The van der Waals surface area contributed by atoms with Gasteiger partial charge in [0.2, 0.25) is 5.91 Å². The van der Waals surface area contributed by atoms with Crippen molar-refractivity contribution in [3.8, 4) is 11.8 Å². The Morgan fingerprint density at radius 2 is 1.96 bits per heavy atom. The van der Waals surface area contributed by atoms with Gasteiger partial charge < -0.3 is 15.0 Å². The first-order valence-corrected chi connectivity index (χ1v) is 9.41. The molecule has 1 aromatic carbocycles. The van der Waals surface area contributed by atoms with Gasteiger partial charge in [-0.05, 0) is 29.8 Å². The highest BCUT2D eigenvalue weighted by molar-refractivity contribution is 5.76. The summed E-state index contributed by atoms with van der Waals surface area (Å²) in [4.78, 5) is 20.9. The maximum Gasteiger partial charge on any atom is 0.221 e. The topological polar surface area (TPSA) is 81.5 Å². The maximum atomic E-state index is 12.1. The Bertz CT molecular complexity index is 823. The lowest BCUT2D eigenvalue weighted by Crippen LogP contribution is -2.47. The van der Waals surface area contributed by atoms with Crippen molar-refractivity contribution in [2.45, 2.75) is 13.0 Å². The Morgan fingerprint density at radius 1 is 1.21 bits per heavy atom. The van der Waals surface area contributed by atoms with Gasteiger partial charge in [0.15, 0.2) is 0 Å². The SMILES string of the molecule is COc1ccc(CNC(=O)CCN2CCN(c3ncccc3C#N)CC2)cc1. The predicted octanol–water partition coefficient (Wildman–Crippen LogP) is 1.79. The van der Waals surface area contributed by atoms with E-state index in [-0.39, 0.29) is 5.91 Å². The van der Waals surface area contributed by atoms with E-state index in [1.807, 2.05) is 24.3 Å². The van der Waals surface area contributed by atoms with Crippen molar-refractivity contribution < 1.29 is 9.53 Å². The molecule has 1 aliphatic rings. The molecular formula is C21H25N5O2. The Hall–Kier alpha value is -3.11. The van der Waals surface area contributed by atoms with Gasteiger partial charge in [0.05, 0.1) is 12.7 Å². The molecule has 1 aromatic heterocycles. The molecule has 3 rings (SSSR count). The quantitative estimate of drug-likeness (QED) is 0.790. The van der Waals surface area contributed by atoms with Crippen molar-refractivity contribution in [2.24, 2.45) is 0 Å². The molecule has 0 spiro atoms. The molecule has 1 N–H and O–H groups in total. The number of hydrogen-bond donors (Lipinski definition) is 1. The van der Waals surface area contributed by atoms with E-state index in [9.17, 15) is 10.1 Å². The Morgan fingerprint density at radius 3 is 2.64 bits per heavy atom. The summed E-state index contributed by atoms with van der Waals surface area (Å²) in [5, 5.41) is 12.2. The zero-order valence-electron chi connectivity index (χ0n) is 16.1. The van der Waals surface area contributed by atoms with E-state index in [0.29, 0.717) is 18.5 Å². The normalized spacial score (nSPS) is 14.4. The molecule has 0 bridgehead atoms. The summed E-state index contributed by atoms with van der Waals surface area (Å²) in [6.07, 6.45) is 2.19. The van der Waals surface area contributed by atoms with Crippen molar-refractivity contribution in [1.82, 2.24) is 15.2 Å². The highest BCUT2D eigenvalue weighted by Crippen LogP contribution is 2.18. The first-order chi connectivity index (χ1) is 13.7. The molecule has 1 aliphatic heterocycles. The number of carbonyl (C=O) groups excluding carboxylic acids is 1. The summed E-state index contributed by atoms with van der Waals surface area (Å²) >= 11 is 0. The van der Waals surface area contributed by atoms with Gasteiger partial charge in [-0.1, -0.05) is 12.1 Å². The maximum absolute atomic E-state index is 12.1. The van der Waals surface area contributed by atoms with E-state index >= 15 is 0 Å². The van der Waals surface area contributed by atoms with Crippen molar-refractivity contribution in [3.05, 3.63) is 53.7 Å². The smallest absolute Gasteiger partial charge is 0.221 e. The minimum absolute atomic E-state index is 0.0507. The fourth-order valence-corrected chi connectivity index (χ4v) is 3.21. The average molecular weight is 379 g/mol. The zero-order chi connectivity index (χ0) is 19.8. The van der Waals surface area contributed by atoms with Crippen LogP contribution in [-0.4, -0.2) is 55.6 Å². The molecule has 2 aromatic rings. The fourth-order valence-electron chi connectivity index (χ4n) is 3.21. The number of hydrogen-bond acceptors (Lipinski definition) is 6. The van der Waals surface area contributed by atoms with Gasteiger partial charge in [-0.15, -0.1) is 0 Å². The van der Waals surface area contributed by atoms with Gasteiger partial charge in [0.1, 0.15) is 17.6 Å². The van der Waals surface area contributed by atoms with E-state index in [4.69, 9.17) is 4.74 Å². The molecule has 7 heteroatoms. The Balaban J connectivity index is 1.39. The third-order valence-electron chi connectivity index (χ3n) is 4.88. The lowest BCUT2D eigenvalue weighted by Gasteiger charge is -2.35. The number of ether oxygens (including phenoxy) is 1. The summed E-state index contributed by atoms with van der Waals surface area (Å²) in [7, 11) is 1.63. The Labute approximate surface area is 165 Å². The van der Waals surface area contributed by atoms with Gasteiger partial charge in [0, 0.05) is 51.9 Å². The summed E-state index contributed by atoms with van der Waals surface area (Å²) in [6.45, 7) is 4.57. The second-order valence-electron chi connectivity index (χ2n) is 6.69. The van der Waals surface area contributed by atoms with Gasteiger partial charge in [0.25, 0.3) is 0 Å². The summed E-state index contributed by atoms with van der Waals surface area (Å²) in [6, 6.07) is 13.5. The number of rotatable bonds is 7. The minimum atomic E-state index is 0.0507. The number of nitriles is 1. The van der Waals surface area contributed by atoms with Crippen molar-refractivity contribution in [1.29, 1.82) is 5.26 Å². The van der Waals surface area contributed by atoms with E-state index < -0.39 is 0 Å². The molecule has 28 heavy (non-hydrogen) atoms. The van der Waals surface area contributed by atoms with Crippen LogP contribution in [0.5, 0.6) is 5.75 Å². The van der Waals surface area contributed by atoms with Gasteiger partial charge in [-0.25, -0.2) is 4.98 Å². The number of aromatic nitrogens is 1. The van der Waals surface area contributed by atoms with E-state index in [2.05, 4.69) is 26.2 Å². The molecule has 0 unspecified atom stereocenters. The summed E-state index contributed by atoms with van der Waals surface area (Å²) in [5.74, 6) is 1.61. The van der Waals surface area contributed by atoms with Crippen molar-refractivity contribution >= 4 is 11.7 Å². The molecule has 1 fully saturated rings. The highest BCUT2D eigenvalue weighted by Gasteiger charge is 2.20. The lowest BCUT2D eigenvalue weighted by atomic mass is 10.2. The van der Waals surface area contributed by atoms with E-state index in [0.717, 1.165) is 49.9 Å². The largest absolute Gasteiger partial charge is 0.497 e. The number of pyridine rings is 1. The molecule has 2 heterocycles.